The molecule has 1 aliphatic carbocycles. The summed E-state index contributed by atoms with van der Waals surface area (Å²) in [5.74, 6) is 0. The summed E-state index contributed by atoms with van der Waals surface area (Å²) in [7, 11) is 0.882. The lowest BCUT2D eigenvalue weighted by atomic mass is 10.0. The van der Waals surface area contributed by atoms with E-state index in [1.807, 2.05) is 0 Å². The number of hydrogen-bond acceptors (Lipinski definition) is 1. The summed E-state index contributed by atoms with van der Waals surface area (Å²) in [5, 5.41) is 0. The predicted molar refractivity (Wildman–Crippen MR) is 55.6 cm³/mol. The molecule has 0 heterocycles. The molecule has 0 aromatic rings. The molecule has 3 heteroatoms. The smallest absolute Gasteiger partial charge is 0.148 e. The summed E-state index contributed by atoms with van der Waals surface area (Å²) in [4.78, 5) is 0. The molecule has 0 amide bonds. The quantitative estimate of drug-likeness (QED) is 0.585. The minimum absolute atomic E-state index is 0.100. The average molecular weight is 188 g/mol. The van der Waals surface area contributed by atoms with Crippen LogP contribution in [0.3, 0.4) is 0 Å². The summed E-state index contributed by atoms with van der Waals surface area (Å²) in [6, 6.07) is 0. The lowest BCUT2D eigenvalue weighted by molar-refractivity contribution is 0.482. The predicted octanol–water partition coefficient (Wildman–Crippen LogP) is 0.900. The maximum absolute atomic E-state index is 5.46. The topological polar surface area (TPSA) is 9.23 Å². The van der Waals surface area contributed by atoms with E-state index in [4.69, 9.17) is 4.12 Å². The zero-order chi connectivity index (χ0) is 7.94. The zero-order valence-electron chi connectivity index (χ0n) is 7.64. The van der Waals surface area contributed by atoms with Crippen molar-refractivity contribution in [2.24, 2.45) is 0 Å². The van der Waals surface area contributed by atoms with Gasteiger partial charge in [-0.15, -0.1) is 0 Å². The first-order valence-electron chi connectivity index (χ1n) is 4.92. The van der Waals surface area contributed by atoms with Crippen LogP contribution in [0, 0.1) is 0 Å². The van der Waals surface area contributed by atoms with E-state index in [9.17, 15) is 0 Å². The van der Waals surface area contributed by atoms with Crippen LogP contribution < -0.4 is 0 Å². The molecule has 1 fully saturated rings. The molecular weight excluding hydrogens is 168 g/mol. The molecule has 0 aliphatic heterocycles. The summed E-state index contributed by atoms with van der Waals surface area (Å²) < 4.78 is 5.46. The van der Waals surface area contributed by atoms with Crippen LogP contribution in [0.4, 0.5) is 0 Å². The third-order valence-corrected chi connectivity index (χ3v) is 5.25. The highest BCUT2D eigenvalue weighted by molar-refractivity contribution is 6.36. The van der Waals surface area contributed by atoms with Crippen LogP contribution in [0.15, 0.2) is 0 Å². The van der Waals surface area contributed by atoms with Crippen molar-refractivity contribution in [3.63, 3.8) is 0 Å². The maximum Gasteiger partial charge on any atom is 0.148 e. The third-order valence-electron chi connectivity index (χ3n) is 2.63. The first-order chi connectivity index (χ1) is 5.43. The average Bonchev–Trinajstić information content (AvgIpc) is 1.94. The van der Waals surface area contributed by atoms with E-state index in [0.29, 0.717) is 0 Å². The molecule has 0 bridgehead atoms. The fourth-order valence-electron chi connectivity index (χ4n) is 1.94. The van der Waals surface area contributed by atoms with Crippen molar-refractivity contribution < 1.29 is 4.12 Å². The Morgan fingerprint density at radius 3 is 2.09 bits per heavy atom. The van der Waals surface area contributed by atoms with Gasteiger partial charge in [0.25, 0.3) is 0 Å². The highest BCUT2D eigenvalue weighted by Crippen LogP contribution is 2.25. The van der Waals surface area contributed by atoms with Gasteiger partial charge in [0.15, 0.2) is 0 Å². The van der Waals surface area contributed by atoms with Gasteiger partial charge in [0, 0.05) is 0 Å². The first kappa shape index (κ1) is 9.48. The van der Waals surface area contributed by atoms with Crippen molar-refractivity contribution in [2.45, 2.75) is 50.5 Å². The van der Waals surface area contributed by atoms with Crippen molar-refractivity contribution in [3.8, 4) is 0 Å². The van der Waals surface area contributed by atoms with Crippen LogP contribution in [0.25, 0.3) is 0 Å². The molecule has 0 atom stereocenters. The van der Waals surface area contributed by atoms with E-state index in [0.717, 1.165) is 16.0 Å². The molecule has 66 valence electrons. The van der Waals surface area contributed by atoms with E-state index < -0.39 is 0 Å². The van der Waals surface area contributed by atoms with Crippen LogP contribution in [0.1, 0.15) is 44.9 Å². The van der Waals surface area contributed by atoms with Crippen LogP contribution in [0.5, 0.6) is 0 Å². The van der Waals surface area contributed by atoms with Gasteiger partial charge >= 0.3 is 0 Å². The highest BCUT2D eigenvalue weighted by atomic mass is 28.3. The first-order valence-corrected chi connectivity index (χ1v) is 7.13. The van der Waals surface area contributed by atoms with E-state index >= 15 is 0 Å². The molecule has 1 aliphatic rings. The molecule has 0 radical (unpaired) electrons. The molecule has 0 spiro atoms. The van der Waals surface area contributed by atoms with Crippen LogP contribution in [-0.4, -0.2) is 20.2 Å². The lowest BCUT2D eigenvalue weighted by Crippen LogP contribution is -2.08. The fourth-order valence-corrected chi connectivity index (χ4v) is 4.74. The molecule has 0 aromatic heterocycles. The Balaban J connectivity index is 2.15. The van der Waals surface area contributed by atoms with Gasteiger partial charge in [-0.25, -0.2) is 0 Å². The largest absolute Gasteiger partial charge is 0.468 e. The number of rotatable bonds is 2. The molecule has 0 unspecified atom stereocenters. The van der Waals surface area contributed by atoms with Crippen LogP contribution in [-0.2, 0) is 4.12 Å². The van der Waals surface area contributed by atoms with Gasteiger partial charge in [0.2, 0.25) is 0 Å². The summed E-state index contributed by atoms with van der Waals surface area (Å²) in [6.45, 7) is 0. The Labute approximate surface area is 75.4 Å². The summed E-state index contributed by atoms with van der Waals surface area (Å²) >= 11 is 0. The highest BCUT2D eigenvalue weighted by Gasteiger charge is 2.10. The minimum atomic E-state index is -0.100. The van der Waals surface area contributed by atoms with Crippen molar-refractivity contribution in [1.29, 1.82) is 0 Å². The maximum atomic E-state index is 5.46. The van der Waals surface area contributed by atoms with E-state index in [2.05, 4.69) is 0 Å². The fraction of sp³-hybridized carbons (Fsp3) is 1.00. The van der Waals surface area contributed by atoms with Gasteiger partial charge in [-0.1, -0.05) is 44.9 Å². The molecule has 11 heavy (non-hydrogen) atoms. The third kappa shape index (κ3) is 4.08. The molecule has 0 N–H and O–H groups in total. The molecule has 1 nitrogen and oxygen atoms in total. The van der Waals surface area contributed by atoms with Crippen molar-refractivity contribution in [2.75, 3.05) is 0 Å². The number of hydrogen-bond donors (Lipinski definition) is 0. The summed E-state index contributed by atoms with van der Waals surface area (Å²) in [6.07, 6.45) is 10.3. The minimum Gasteiger partial charge on any atom is -0.468 e. The van der Waals surface area contributed by atoms with E-state index in [-0.39, 0.29) is 9.76 Å². The molecule has 1 rings (SSSR count). The molecule has 0 aromatic carbocycles. The Bertz CT molecular complexity index is 90.1. The van der Waals surface area contributed by atoms with E-state index in [1.54, 1.807) is 0 Å². The second-order valence-electron chi connectivity index (χ2n) is 3.67. The second kappa shape index (κ2) is 5.97. The second-order valence-corrected chi connectivity index (χ2v) is 7.46. The van der Waals surface area contributed by atoms with Gasteiger partial charge in [0.1, 0.15) is 20.2 Å². The Morgan fingerprint density at radius 1 is 1.00 bits per heavy atom. The van der Waals surface area contributed by atoms with Crippen molar-refractivity contribution in [3.05, 3.63) is 0 Å². The standard InChI is InChI=1S/C8H20OSi2/c10-9-11-8-6-4-2-1-3-5-7-8/h8H,1-7,11H2,10H3. The zero-order valence-corrected chi connectivity index (χ0v) is 11.1. The summed E-state index contributed by atoms with van der Waals surface area (Å²) in [5.41, 5.74) is 1.03. The Kier molecular flexibility index (Phi) is 5.15. The lowest BCUT2D eigenvalue weighted by Gasteiger charge is -2.17. The molecule has 0 saturated heterocycles. The monoisotopic (exact) mass is 188 g/mol. The SMILES string of the molecule is [SiH3]O[SiH2]C1CCCCCCC1. The van der Waals surface area contributed by atoms with Crippen molar-refractivity contribution in [1.82, 2.24) is 0 Å². The van der Waals surface area contributed by atoms with Gasteiger partial charge in [0.05, 0.1) is 0 Å². The van der Waals surface area contributed by atoms with Gasteiger partial charge < -0.3 is 4.12 Å². The Hall–Kier alpha value is 0.394. The van der Waals surface area contributed by atoms with Crippen LogP contribution in [0.2, 0.25) is 5.54 Å². The molecule has 1 saturated carbocycles. The van der Waals surface area contributed by atoms with Gasteiger partial charge in [-0.3, -0.25) is 0 Å². The van der Waals surface area contributed by atoms with Crippen molar-refractivity contribution >= 4 is 20.2 Å². The van der Waals surface area contributed by atoms with E-state index in [1.165, 1.54) is 44.9 Å². The van der Waals surface area contributed by atoms with Gasteiger partial charge in [-0.05, 0) is 5.54 Å². The van der Waals surface area contributed by atoms with Gasteiger partial charge in [-0.2, -0.15) is 0 Å². The normalized spacial score (nSPS) is 24.0. The van der Waals surface area contributed by atoms with Crippen LogP contribution >= 0.6 is 0 Å². The Morgan fingerprint density at radius 2 is 1.55 bits per heavy atom. The molecular formula is C8H20OSi2.